The van der Waals surface area contributed by atoms with Gasteiger partial charge in [-0.05, 0) is 62.7 Å². The summed E-state index contributed by atoms with van der Waals surface area (Å²) >= 11 is 0. The molecule has 1 aromatic carbocycles. The molecule has 0 saturated carbocycles. The molecule has 6 heteroatoms. The lowest BCUT2D eigenvalue weighted by molar-refractivity contribution is 0.0950. The highest BCUT2D eigenvalue weighted by Crippen LogP contribution is 2.23. The van der Waals surface area contributed by atoms with Crippen LogP contribution in [0, 0.1) is 20.8 Å². The van der Waals surface area contributed by atoms with Gasteiger partial charge in [-0.2, -0.15) is 0 Å². The monoisotopic (exact) mass is 388 g/mol. The molecule has 0 unspecified atom stereocenters. The Morgan fingerprint density at radius 2 is 1.90 bits per heavy atom. The van der Waals surface area contributed by atoms with E-state index in [1.807, 2.05) is 80.0 Å². The largest absolute Gasteiger partial charge is 0.497 e. The second kappa shape index (κ2) is 7.47. The third-order valence-electron chi connectivity index (χ3n) is 5.16. The van der Waals surface area contributed by atoms with Crippen molar-refractivity contribution >= 4 is 11.6 Å². The SMILES string of the molecule is COc1ccc(-n2c(C)cc(C(=O)NCc3cn4cccc(C)c4n3)c2C)cc1. The van der Waals surface area contributed by atoms with E-state index in [1.54, 1.807) is 7.11 Å². The lowest BCUT2D eigenvalue weighted by atomic mass is 10.2. The molecule has 1 N–H and O–H groups in total. The molecule has 0 fully saturated rings. The van der Waals surface area contributed by atoms with Gasteiger partial charge in [-0.3, -0.25) is 4.79 Å². The van der Waals surface area contributed by atoms with E-state index in [1.165, 1.54) is 0 Å². The van der Waals surface area contributed by atoms with E-state index < -0.39 is 0 Å². The van der Waals surface area contributed by atoms with Crippen LogP contribution in [0.4, 0.5) is 0 Å². The molecule has 6 nitrogen and oxygen atoms in total. The van der Waals surface area contributed by atoms with Gasteiger partial charge in [0.05, 0.1) is 24.9 Å². The van der Waals surface area contributed by atoms with Gasteiger partial charge in [-0.1, -0.05) is 6.07 Å². The number of methoxy groups -OCH3 is 1. The zero-order valence-electron chi connectivity index (χ0n) is 17.1. The number of pyridine rings is 1. The summed E-state index contributed by atoms with van der Waals surface area (Å²) in [7, 11) is 1.65. The molecule has 4 aromatic rings. The van der Waals surface area contributed by atoms with Gasteiger partial charge < -0.3 is 19.0 Å². The van der Waals surface area contributed by atoms with E-state index in [-0.39, 0.29) is 5.91 Å². The van der Waals surface area contributed by atoms with Crippen molar-refractivity contribution in [2.24, 2.45) is 0 Å². The van der Waals surface area contributed by atoms with Crippen LogP contribution in [-0.2, 0) is 6.54 Å². The Bertz CT molecular complexity index is 1190. The number of imidazole rings is 1. The molecule has 0 aliphatic carbocycles. The summed E-state index contributed by atoms with van der Waals surface area (Å²) in [5, 5.41) is 3.00. The Morgan fingerprint density at radius 3 is 2.59 bits per heavy atom. The molecule has 4 rings (SSSR count). The predicted octanol–water partition coefficient (Wildman–Crippen LogP) is 3.99. The highest BCUT2D eigenvalue weighted by atomic mass is 16.5. The molecular weight excluding hydrogens is 364 g/mol. The smallest absolute Gasteiger partial charge is 0.253 e. The molecule has 148 valence electrons. The van der Waals surface area contributed by atoms with Gasteiger partial charge in [0, 0.05) is 29.5 Å². The Hall–Kier alpha value is -3.54. The number of nitrogens with one attached hydrogen (secondary N) is 1. The fourth-order valence-electron chi connectivity index (χ4n) is 3.68. The number of nitrogens with zero attached hydrogens (tertiary/aromatic N) is 3. The summed E-state index contributed by atoms with van der Waals surface area (Å²) in [5.41, 5.74) is 6.41. The van der Waals surface area contributed by atoms with E-state index >= 15 is 0 Å². The van der Waals surface area contributed by atoms with Crippen LogP contribution in [0.5, 0.6) is 5.75 Å². The second-order valence-corrected chi connectivity index (χ2v) is 7.16. The summed E-state index contributed by atoms with van der Waals surface area (Å²) < 4.78 is 9.28. The van der Waals surface area contributed by atoms with Crippen LogP contribution in [0.1, 0.15) is 33.0 Å². The number of ether oxygens (including phenoxy) is 1. The standard InChI is InChI=1S/C23H24N4O2/c1-15-6-5-11-26-14-18(25-22(15)26)13-24-23(28)21-12-16(2)27(17(21)3)19-7-9-20(29-4)10-8-19/h5-12,14H,13H2,1-4H3,(H,24,28). The van der Waals surface area contributed by atoms with E-state index in [0.29, 0.717) is 12.1 Å². The maximum Gasteiger partial charge on any atom is 0.253 e. The minimum atomic E-state index is -0.105. The highest BCUT2D eigenvalue weighted by Gasteiger charge is 2.17. The number of benzene rings is 1. The number of amides is 1. The van der Waals surface area contributed by atoms with E-state index in [0.717, 1.165) is 39.7 Å². The number of fused-ring (bicyclic) bond motifs is 1. The van der Waals surface area contributed by atoms with Crippen molar-refractivity contribution in [3.05, 3.63) is 83.1 Å². The Morgan fingerprint density at radius 1 is 1.14 bits per heavy atom. The number of rotatable bonds is 5. The van der Waals surface area contributed by atoms with Crippen LogP contribution in [0.2, 0.25) is 0 Å². The van der Waals surface area contributed by atoms with Crippen molar-refractivity contribution in [1.29, 1.82) is 0 Å². The zero-order chi connectivity index (χ0) is 20.5. The van der Waals surface area contributed by atoms with Crippen molar-refractivity contribution in [2.45, 2.75) is 27.3 Å². The highest BCUT2D eigenvalue weighted by molar-refractivity contribution is 5.95. The van der Waals surface area contributed by atoms with Crippen LogP contribution in [-0.4, -0.2) is 27.0 Å². The first kappa shape index (κ1) is 18.8. The second-order valence-electron chi connectivity index (χ2n) is 7.16. The first-order valence-corrected chi connectivity index (χ1v) is 9.52. The lowest BCUT2D eigenvalue weighted by Crippen LogP contribution is -2.23. The van der Waals surface area contributed by atoms with Crippen molar-refractivity contribution in [1.82, 2.24) is 19.3 Å². The predicted molar refractivity (Wildman–Crippen MR) is 113 cm³/mol. The molecule has 3 aromatic heterocycles. The van der Waals surface area contributed by atoms with Crippen LogP contribution in [0.3, 0.4) is 0 Å². The average Bonchev–Trinajstić information content (AvgIpc) is 3.27. The molecule has 1 amide bonds. The Labute approximate surface area is 169 Å². The number of hydrogen-bond donors (Lipinski definition) is 1. The fraction of sp³-hybridized carbons (Fsp3) is 0.217. The van der Waals surface area contributed by atoms with Crippen molar-refractivity contribution in [3.8, 4) is 11.4 Å². The van der Waals surface area contributed by atoms with E-state index in [9.17, 15) is 4.79 Å². The summed E-state index contributed by atoms with van der Waals surface area (Å²) in [6.07, 6.45) is 3.91. The van der Waals surface area contributed by atoms with Crippen LogP contribution >= 0.6 is 0 Å². The van der Waals surface area contributed by atoms with Gasteiger partial charge in [0.25, 0.3) is 5.91 Å². The van der Waals surface area contributed by atoms with Gasteiger partial charge in [-0.25, -0.2) is 4.98 Å². The van der Waals surface area contributed by atoms with Gasteiger partial charge in [0.2, 0.25) is 0 Å². The Kier molecular flexibility index (Phi) is 4.84. The van der Waals surface area contributed by atoms with E-state index in [2.05, 4.69) is 14.9 Å². The quantitative estimate of drug-likeness (QED) is 0.562. The molecule has 0 saturated heterocycles. The lowest BCUT2D eigenvalue weighted by Gasteiger charge is -2.11. The summed E-state index contributed by atoms with van der Waals surface area (Å²) in [5.74, 6) is 0.698. The van der Waals surface area contributed by atoms with Crippen molar-refractivity contribution in [3.63, 3.8) is 0 Å². The summed E-state index contributed by atoms with van der Waals surface area (Å²) in [6.45, 7) is 6.37. The molecule has 29 heavy (non-hydrogen) atoms. The number of hydrogen-bond acceptors (Lipinski definition) is 3. The summed E-state index contributed by atoms with van der Waals surface area (Å²) in [4.78, 5) is 17.5. The third kappa shape index (κ3) is 3.49. The normalized spacial score (nSPS) is 11.0. The minimum Gasteiger partial charge on any atom is -0.497 e. The first-order valence-electron chi connectivity index (χ1n) is 9.52. The number of aryl methyl sites for hydroxylation is 2. The van der Waals surface area contributed by atoms with Gasteiger partial charge in [0.15, 0.2) is 0 Å². The third-order valence-corrected chi connectivity index (χ3v) is 5.16. The van der Waals surface area contributed by atoms with Crippen LogP contribution in [0.15, 0.2) is 54.9 Å². The Balaban J connectivity index is 1.54. The molecule has 0 atom stereocenters. The van der Waals surface area contributed by atoms with Gasteiger partial charge in [0.1, 0.15) is 11.4 Å². The maximum atomic E-state index is 12.8. The number of carbonyl (C=O) groups is 1. The molecule has 3 heterocycles. The van der Waals surface area contributed by atoms with Gasteiger partial charge >= 0.3 is 0 Å². The fourth-order valence-corrected chi connectivity index (χ4v) is 3.68. The van der Waals surface area contributed by atoms with Crippen LogP contribution in [0.25, 0.3) is 11.3 Å². The summed E-state index contributed by atoms with van der Waals surface area (Å²) in [6, 6.07) is 13.7. The average molecular weight is 388 g/mol. The molecule has 0 radical (unpaired) electrons. The maximum absolute atomic E-state index is 12.8. The molecule has 0 aliphatic rings. The van der Waals surface area contributed by atoms with Crippen LogP contribution < -0.4 is 10.1 Å². The van der Waals surface area contributed by atoms with E-state index in [4.69, 9.17) is 4.74 Å². The molecule has 0 spiro atoms. The first-order chi connectivity index (χ1) is 14.0. The minimum absolute atomic E-state index is 0.105. The molecule has 0 bridgehead atoms. The van der Waals surface area contributed by atoms with Crippen molar-refractivity contribution < 1.29 is 9.53 Å². The number of aromatic nitrogens is 3. The number of carbonyl (C=O) groups excluding carboxylic acids is 1. The topological polar surface area (TPSA) is 60.6 Å². The van der Waals surface area contributed by atoms with Crippen molar-refractivity contribution in [2.75, 3.05) is 7.11 Å². The molecular formula is C23H24N4O2. The van der Waals surface area contributed by atoms with Gasteiger partial charge in [-0.15, -0.1) is 0 Å². The molecule has 0 aliphatic heterocycles. The zero-order valence-corrected chi connectivity index (χ0v) is 17.1.